The number of hydrogen-bond acceptors (Lipinski definition) is 3. The Morgan fingerprint density at radius 3 is 0.921 bits per heavy atom. The summed E-state index contributed by atoms with van der Waals surface area (Å²) < 4.78 is 25.8. The molecule has 232 valence electrons. The van der Waals surface area contributed by atoms with Crippen LogP contribution < -0.4 is 24.0 Å². The van der Waals surface area contributed by atoms with Crippen LogP contribution in [0, 0.1) is 0 Å². The van der Waals surface area contributed by atoms with Crippen LogP contribution in [-0.2, 0) is 13.6 Å². The molecule has 0 unspecified atom stereocenters. The highest BCUT2D eigenvalue weighted by atomic mass is 127. The average molecular weight is 674 g/mol. The van der Waals surface area contributed by atoms with E-state index < -0.39 is 7.60 Å². The lowest BCUT2D eigenvalue weighted by Crippen LogP contribution is -3.00. The molecular formula is C32H69INO3P. The smallest absolute Gasteiger partial charge is 0.384 e. The van der Waals surface area contributed by atoms with Crippen molar-refractivity contribution in [3.8, 4) is 0 Å². The maximum Gasteiger partial charge on any atom is 0.384 e. The number of hydrogen-bond donors (Lipinski definition) is 0. The summed E-state index contributed by atoms with van der Waals surface area (Å²) in [6.45, 7) is 5.68. The Morgan fingerprint density at radius 2 is 0.684 bits per heavy atom. The van der Waals surface area contributed by atoms with Gasteiger partial charge in [0.15, 0.2) is 6.29 Å². The number of rotatable bonds is 30. The molecule has 0 aromatic rings. The van der Waals surface area contributed by atoms with E-state index in [2.05, 4.69) is 35.0 Å². The van der Waals surface area contributed by atoms with Gasteiger partial charge in [0.05, 0.1) is 34.4 Å². The van der Waals surface area contributed by atoms with Crippen LogP contribution in [0.2, 0.25) is 0 Å². The van der Waals surface area contributed by atoms with Crippen molar-refractivity contribution in [1.29, 1.82) is 0 Å². The fourth-order valence-corrected chi connectivity index (χ4v) is 7.02. The first-order valence-corrected chi connectivity index (χ1v) is 18.2. The van der Waals surface area contributed by atoms with Gasteiger partial charge < -0.3 is 37.5 Å². The summed E-state index contributed by atoms with van der Waals surface area (Å²) in [7, 11) is 3.15. The van der Waals surface area contributed by atoms with Crippen molar-refractivity contribution in [2.45, 2.75) is 168 Å². The third-order valence-corrected chi connectivity index (χ3v) is 9.52. The zero-order chi connectivity index (χ0) is 27.5. The van der Waals surface area contributed by atoms with Gasteiger partial charge in [-0.3, -0.25) is 4.57 Å². The minimum Gasteiger partial charge on any atom is -1.00 e. The van der Waals surface area contributed by atoms with Gasteiger partial charge in [0.1, 0.15) is 0 Å². The van der Waals surface area contributed by atoms with Crippen molar-refractivity contribution in [2.24, 2.45) is 0 Å². The minimum absolute atomic E-state index is 0. The molecule has 0 atom stereocenters. The second-order valence-electron chi connectivity index (χ2n) is 12.5. The zero-order valence-corrected chi connectivity index (χ0v) is 29.6. The van der Waals surface area contributed by atoms with E-state index in [4.69, 9.17) is 9.05 Å². The monoisotopic (exact) mass is 673 g/mol. The zero-order valence-electron chi connectivity index (χ0n) is 26.6. The van der Waals surface area contributed by atoms with Crippen LogP contribution >= 0.6 is 7.60 Å². The Balaban J connectivity index is 0. The van der Waals surface area contributed by atoms with Crippen molar-refractivity contribution >= 4 is 7.60 Å². The summed E-state index contributed by atoms with van der Waals surface area (Å²) in [5.41, 5.74) is 0. The summed E-state index contributed by atoms with van der Waals surface area (Å²) in [5, 5.41) is 0. The molecule has 0 spiro atoms. The lowest BCUT2D eigenvalue weighted by atomic mass is 10.1. The normalized spacial score (nSPS) is 12.1. The van der Waals surface area contributed by atoms with Crippen LogP contribution in [0.5, 0.6) is 0 Å². The molecule has 0 aliphatic rings. The van der Waals surface area contributed by atoms with Crippen molar-refractivity contribution < 1.29 is 42.1 Å². The van der Waals surface area contributed by atoms with E-state index in [-0.39, 0.29) is 24.0 Å². The van der Waals surface area contributed by atoms with E-state index in [0.29, 0.717) is 24.0 Å². The molecule has 0 amide bonds. The quantitative estimate of drug-likeness (QED) is 0.0333. The maximum atomic E-state index is 13.4. The minimum atomic E-state index is -3.03. The number of halogens is 1. The van der Waals surface area contributed by atoms with Crippen LogP contribution in [0.4, 0.5) is 0 Å². The fraction of sp³-hybridized carbons (Fsp3) is 1.00. The summed E-state index contributed by atoms with van der Waals surface area (Å²) in [5.74, 6) is 0. The highest BCUT2D eigenvalue weighted by Crippen LogP contribution is 2.49. The van der Waals surface area contributed by atoms with Crippen molar-refractivity contribution in [3.63, 3.8) is 0 Å². The van der Waals surface area contributed by atoms with Gasteiger partial charge in [-0.25, -0.2) is 0 Å². The number of nitrogens with zero attached hydrogens (tertiary/aromatic N) is 1. The first-order chi connectivity index (χ1) is 17.8. The second kappa shape index (κ2) is 29.3. The van der Waals surface area contributed by atoms with Crippen molar-refractivity contribution in [2.75, 3.05) is 40.6 Å². The van der Waals surface area contributed by atoms with Gasteiger partial charge in [0.25, 0.3) is 0 Å². The van der Waals surface area contributed by atoms with E-state index in [1.54, 1.807) is 0 Å². The van der Waals surface area contributed by atoms with E-state index in [9.17, 15) is 4.57 Å². The Kier molecular flexibility index (Phi) is 31.6. The molecule has 4 nitrogen and oxygen atoms in total. The van der Waals surface area contributed by atoms with Crippen LogP contribution in [0.15, 0.2) is 0 Å². The van der Waals surface area contributed by atoms with E-state index in [1.165, 1.54) is 141 Å². The van der Waals surface area contributed by atoms with Gasteiger partial charge >= 0.3 is 7.60 Å². The summed E-state index contributed by atoms with van der Waals surface area (Å²) >= 11 is 0. The highest BCUT2D eigenvalue weighted by molar-refractivity contribution is 7.53. The van der Waals surface area contributed by atoms with Gasteiger partial charge in [-0.2, -0.15) is 0 Å². The Morgan fingerprint density at radius 1 is 0.447 bits per heavy atom. The molecule has 0 N–H and O–H groups in total. The Bertz CT molecular complexity index is 479. The highest BCUT2D eigenvalue weighted by Gasteiger charge is 2.32. The Hall–Kier alpha value is 0.840. The topological polar surface area (TPSA) is 35.5 Å². The van der Waals surface area contributed by atoms with Crippen LogP contribution in [-0.4, -0.2) is 45.1 Å². The molecule has 6 heteroatoms. The lowest BCUT2D eigenvalue weighted by Gasteiger charge is -2.28. The molecule has 0 rings (SSSR count). The standard InChI is InChI=1S/C32H69NO3P.HI/c1-6-8-10-12-14-16-18-20-22-24-26-28-30-35-37(34,32-33(3,4)5)36-31-29-27-25-23-21-19-17-15-13-11-9-7-2;/h6-32H2,1-5H3;1H/q+1;/p-1. The van der Waals surface area contributed by atoms with Gasteiger partial charge in [-0.15, -0.1) is 0 Å². The van der Waals surface area contributed by atoms with Crippen LogP contribution in [0.3, 0.4) is 0 Å². The van der Waals surface area contributed by atoms with Gasteiger partial charge in [-0.1, -0.05) is 155 Å². The number of quaternary nitrogens is 1. The van der Waals surface area contributed by atoms with Gasteiger partial charge in [-0.05, 0) is 12.8 Å². The summed E-state index contributed by atoms with van der Waals surface area (Å²) in [6.07, 6.45) is 32.1. The molecule has 0 bridgehead atoms. The van der Waals surface area contributed by atoms with Gasteiger partial charge in [0, 0.05) is 0 Å². The fourth-order valence-electron chi connectivity index (χ4n) is 4.93. The maximum absolute atomic E-state index is 13.4. The van der Waals surface area contributed by atoms with E-state index in [1.807, 2.05) is 0 Å². The van der Waals surface area contributed by atoms with E-state index in [0.717, 1.165) is 12.8 Å². The molecule has 0 radical (unpaired) electrons. The average Bonchev–Trinajstić information content (AvgIpc) is 2.84. The molecule has 0 fully saturated rings. The predicted molar refractivity (Wildman–Crippen MR) is 165 cm³/mol. The van der Waals surface area contributed by atoms with Crippen LogP contribution in [0.1, 0.15) is 168 Å². The third-order valence-electron chi connectivity index (χ3n) is 7.17. The molecule has 0 saturated heterocycles. The molecule has 0 aliphatic carbocycles. The molecule has 0 aliphatic heterocycles. The largest absolute Gasteiger partial charge is 1.00 e. The third kappa shape index (κ3) is 31.4. The summed E-state index contributed by atoms with van der Waals surface area (Å²) in [4.78, 5) is 0. The Labute approximate surface area is 257 Å². The summed E-state index contributed by atoms with van der Waals surface area (Å²) in [6, 6.07) is 0. The van der Waals surface area contributed by atoms with Gasteiger partial charge in [0.2, 0.25) is 0 Å². The molecule has 0 aromatic heterocycles. The van der Waals surface area contributed by atoms with E-state index >= 15 is 0 Å². The molecule has 0 aromatic carbocycles. The molecule has 0 heterocycles. The van der Waals surface area contributed by atoms with Crippen molar-refractivity contribution in [1.82, 2.24) is 0 Å². The predicted octanol–water partition coefficient (Wildman–Crippen LogP) is 8.28. The second-order valence-corrected chi connectivity index (χ2v) is 14.5. The molecular weight excluding hydrogens is 604 g/mol. The number of unbranched alkanes of at least 4 members (excludes halogenated alkanes) is 22. The molecule has 0 saturated carbocycles. The first kappa shape index (κ1) is 41.0. The SMILES string of the molecule is CCCCCCCCCCCCCCOP(=O)(C[N+](C)(C)C)OCCCCCCCCCCCCCC.[I-]. The molecule has 38 heavy (non-hydrogen) atoms. The van der Waals surface area contributed by atoms with Crippen molar-refractivity contribution in [3.05, 3.63) is 0 Å². The lowest BCUT2D eigenvalue weighted by molar-refractivity contribution is -0.859. The van der Waals surface area contributed by atoms with Crippen LogP contribution in [0.25, 0.3) is 0 Å². The first-order valence-electron chi connectivity index (χ1n) is 16.5.